The lowest BCUT2D eigenvalue weighted by atomic mass is 10.1. The molecule has 1 N–H and O–H groups in total. The maximum absolute atomic E-state index is 11.5. The monoisotopic (exact) mass is 285 g/mol. The van der Waals surface area contributed by atoms with E-state index >= 15 is 0 Å². The maximum atomic E-state index is 11.5. The van der Waals surface area contributed by atoms with E-state index in [1.54, 1.807) is 0 Å². The number of hydrogen-bond donors (Lipinski definition) is 1. The van der Waals surface area contributed by atoms with E-state index < -0.39 is 0 Å². The summed E-state index contributed by atoms with van der Waals surface area (Å²) < 4.78 is 4.82. The molecule has 0 aromatic heterocycles. The van der Waals surface area contributed by atoms with E-state index in [0.29, 0.717) is 12.5 Å². The number of esters is 1. The number of carbonyl (C=O) groups is 1. The van der Waals surface area contributed by atoms with Crippen LogP contribution < -0.4 is 5.32 Å². The van der Waals surface area contributed by atoms with Crippen LogP contribution in [0.25, 0.3) is 0 Å². The Morgan fingerprint density at radius 2 is 2.05 bits per heavy atom. The Labute approximate surface area is 121 Å². The lowest BCUT2D eigenvalue weighted by Crippen LogP contribution is -2.35. The molecule has 0 radical (unpaired) electrons. The predicted molar refractivity (Wildman–Crippen MR) is 80.5 cm³/mol. The molecule has 2 rings (SSSR count). The molecule has 4 heteroatoms. The first-order valence-corrected chi connectivity index (χ1v) is 8.60. The molecule has 2 aliphatic carbocycles. The van der Waals surface area contributed by atoms with Gasteiger partial charge in [-0.05, 0) is 43.9 Å². The Morgan fingerprint density at radius 1 is 1.32 bits per heavy atom. The zero-order chi connectivity index (χ0) is 13.7. The number of methoxy groups -OCH3 is 1. The third-order valence-electron chi connectivity index (χ3n) is 4.63. The largest absolute Gasteiger partial charge is 0.469 e. The molecule has 0 bridgehead atoms. The molecule has 2 aliphatic rings. The third kappa shape index (κ3) is 4.38. The number of nitrogens with one attached hydrogen (secondary N) is 1. The van der Waals surface area contributed by atoms with E-state index in [1.807, 2.05) is 0 Å². The molecular formula is C15H27NO2S. The average Bonchev–Trinajstić information content (AvgIpc) is 3.20. The molecule has 0 heterocycles. The quantitative estimate of drug-likeness (QED) is 0.601. The molecule has 0 amide bonds. The van der Waals surface area contributed by atoms with E-state index in [9.17, 15) is 4.79 Å². The van der Waals surface area contributed by atoms with Gasteiger partial charge in [0.15, 0.2) is 0 Å². The van der Waals surface area contributed by atoms with Gasteiger partial charge in [-0.2, -0.15) is 11.8 Å². The second-order valence-corrected chi connectivity index (χ2v) is 7.36. The van der Waals surface area contributed by atoms with E-state index in [2.05, 4.69) is 24.1 Å². The van der Waals surface area contributed by atoms with Crippen LogP contribution in [0.2, 0.25) is 0 Å². The fourth-order valence-corrected chi connectivity index (χ4v) is 4.81. The second-order valence-electron chi connectivity index (χ2n) is 6.14. The summed E-state index contributed by atoms with van der Waals surface area (Å²) in [6.45, 7) is 0. The van der Waals surface area contributed by atoms with Crippen LogP contribution in [0.4, 0.5) is 0 Å². The molecule has 0 spiro atoms. The van der Waals surface area contributed by atoms with Gasteiger partial charge >= 0.3 is 5.97 Å². The van der Waals surface area contributed by atoms with Crippen LogP contribution in [0.15, 0.2) is 0 Å². The van der Waals surface area contributed by atoms with Gasteiger partial charge in [0.25, 0.3) is 0 Å². The molecule has 19 heavy (non-hydrogen) atoms. The number of thioether (sulfide) groups is 1. The van der Waals surface area contributed by atoms with Gasteiger partial charge in [0.1, 0.15) is 0 Å². The van der Waals surface area contributed by atoms with Crippen molar-refractivity contribution in [2.45, 2.75) is 62.7 Å². The van der Waals surface area contributed by atoms with Crippen LogP contribution in [0.1, 0.15) is 51.4 Å². The Morgan fingerprint density at radius 3 is 2.68 bits per heavy atom. The highest BCUT2D eigenvalue weighted by Gasteiger charge is 2.45. The first kappa shape index (κ1) is 15.2. The highest BCUT2D eigenvalue weighted by Crippen LogP contribution is 2.52. The topological polar surface area (TPSA) is 38.3 Å². The van der Waals surface area contributed by atoms with Crippen LogP contribution in [0.3, 0.4) is 0 Å². The van der Waals surface area contributed by atoms with Crippen LogP contribution in [0.5, 0.6) is 0 Å². The van der Waals surface area contributed by atoms with E-state index in [4.69, 9.17) is 4.74 Å². The van der Waals surface area contributed by atoms with Gasteiger partial charge in [0.2, 0.25) is 0 Å². The Hall–Kier alpha value is -0.220. The normalized spacial score (nSPS) is 29.6. The predicted octanol–water partition coefficient (Wildman–Crippen LogP) is 2.98. The van der Waals surface area contributed by atoms with E-state index in [1.165, 1.54) is 52.1 Å². The lowest BCUT2D eigenvalue weighted by molar-refractivity contribution is -0.141. The third-order valence-corrected chi connectivity index (χ3v) is 6.40. The number of rotatable bonds is 6. The molecule has 2 saturated carbocycles. The molecule has 2 atom stereocenters. The summed E-state index contributed by atoms with van der Waals surface area (Å²) in [7, 11) is 3.58. The smallest absolute Gasteiger partial charge is 0.306 e. The zero-order valence-electron chi connectivity index (χ0n) is 12.2. The fourth-order valence-electron chi connectivity index (χ4n) is 3.01. The number of hydrogen-bond acceptors (Lipinski definition) is 4. The van der Waals surface area contributed by atoms with Crippen molar-refractivity contribution in [1.29, 1.82) is 0 Å². The number of ether oxygens (including phenoxy) is 1. The highest BCUT2D eigenvalue weighted by atomic mass is 32.2. The maximum Gasteiger partial charge on any atom is 0.306 e. The Kier molecular flexibility index (Phi) is 5.58. The molecule has 3 nitrogen and oxygen atoms in total. The van der Waals surface area contributed by atoms with Crippen molar-refractivity contribution in [1.82, 2.24) is 5.32 Å². The minimum atomic E-state index is -0.0378. The molecule has 2 fully saturated rings. The first-order valence-electron chi connectivity index (χ1n) is 7.55. The van der Waals surface area contributed by atoms with Crippen LogP contribution in [-0.2, 0) is 9.53 Å². The lowest BCUT2D eigenvalue weighted by Gasteiger charge is -2.26. The molecule has 0 aromatic rings. The highest BCUT2D eigenvalue weighted by molar-refractivity contribution is 8.00. The number of carbonyl (C=O) groups excluding carboxylic acids is 1. The minimum absolute atomic E-state index is 0.0378. The van der Waals surface area contributed by atoms with Gasteiger partial charge in [-0.1, -0.05) is 19.3 Å². The molecule has 0 aliphatic heterocycles. The second kappa shape index (κ2) is 6.98. The van der Waals surface area contributed by atoms with Crippen molar-refractivity contribution < 1.29 is 9.53 Å². The minimum Gasteiger partial charge on any atom is -0.469 e. The summed E-state index contributed by atoms with van der Waals surface area (Å²) in [5.74, 6) is 1.09. The standard InChI is InChI=1S/C15H27NO2S/c1-16-12-6-4-3-5-7-13(12)19-11-15(8-9-15)10-14(17)18-2/h12-13,16H,3-11H2,1-2H3. The Bertz CT molecular complexity index is 305. The fraction of sp³-hybridized carbons (Fsp3) is 0.933. The van der Waals surface area contributed by atoms with Gasteiger partial charge in [-0.3, -0.25) is 4.79 Å². The van der Waals surface area contributed by atoms with Gasteiger partial charge < -0.3 is 10.1 Å². The molecule has 110 valence electrons. The van der Waals surface area contributed by atoms with Crippen molar-refractivity contribution in [3.63, 3.8) is 0 Å². The van der Waals surface area contributed by atoms with Crippen LogP contribution in [0, 0.1) is 5.41 Å². The van der Waals surface area contributed by atoms with Crippen molar-refractivity contribution in [3.05, 3.63) is 0 Å². The van der Waals surface area contributed by atoms with Crippen molar-refractivity contribution in [2.24, 2.45) is 5.41 Å². The summed E-state index contributed by atoms with van der Waals surface area (Å²) in [5.41, 5.74) is 0.266. The van der Waals surface area contributed by atoms with Gasteiger partial charge in [0.05, 0.1) is 13.5 Å². The van der Waals surface area contributed by atoms with Gasteiger partial charge in [-0.15, -0.1) is 0 Å². The molecule has 0 aromatic carbocycles. The van der Waals surface area contributed by atoms with Crippen molar-refractivity contribution >= 4 is 17.7 Å². The Balaban J connectivity index is 1.81. The molecule has 2 unspecified atom stereocenters. The van der Waals surface area contributed by atoms with Crippen molar-refractivity contribution in [3.8, 4) is 0 Å². The van der Waals surface area contributed by atoms with E-state index in [0.717, 1.165) is 11.0 Å². The molecule has 0 saturated heterocycles. The summed E-state index contributed by atoms with van der Waals surface area (Å²) >= 11 is 2.10. The van der Waals surface area contributed by atoms with Crippen LogP contribution in [-0.4, -0.2) is 37.2 Å². The summed E-state index contributed by atoms with van der Waals surface area (Å²) in [5, 5.41) is 4.21. The first-order chi connectivity index (χ1) is 9.19. The van der Waals surface area contributed by atoms with Crippen LogP contribution >= 0.6 is 11.8 Å². The summed E-state index contributed by atoms with van der Waals surface area (Å²) in [6, 6.07) is 0.654. The van der Waals surface area contributed by atoms with Gasteiger partial charge in [-0.25, -0.2) is 0 Å². The summed E-state index contributed by atoms with van der Waals surface area (Å²) in [4.78, 5) is 11.5. The SMILES string of the molecule is CNC1CCCCCC1SCC1(CC(=O)OC)CC1. The average molecular weight is 285 g/mol. The van der Waals surface area contributed by atoms with E-state index in [-0.39, 0.29) is 11.4 Å². The van der Waals surface area contributed by atoms with Crippen molar-refractivity contribution in [2.75, 3.05) is 19.9 Å². The molecular weight excluding hydrogens is 258 g/mol. The summed E-state index contributed by atoms with van der Waals surface area (Å²) in [6.07, 6.45) is 9.74. The van der Waals surface area contributed by atoms with Gasteiger partial charge in [0, 0.05) is 11.3 Å². The zero-order valence-corrected chi connectivity index (χ0v) is 13.1.